The Kier molecular flexibility index (Phi) is 5.21. The zero-order chi connectivity index (χ0) is 13.8. The summed E-state index contributed by atoms with van der Waals surface area (Å²) in [6.07, 6.45) is 1.14. The van der Waals surface area contributed by atoms with E-state index in [0.717, 1.165) is 19.5 Å². The van der Waals surface area contributed by atoms with Crippen LogP contribution >= 0.6 is 0 Å². The molecule has 1 rings (SSSR count). The maximum absolute atomic E-state index is 3.38. The standard InChI is InChI=1S/C16H28N2/c1-7-16(4,5)18(6)15-10-9-14(12-17-8-2)13(3)11-15/h9-11,17H,7-8,12H2,1-6H3. The monoisotopic (exact) mass is 248 g/mol. The molecule has 0 fully saturated rings. The Balaban J connectivity index is 2.90. The minimum atomic E-state index is 0.204. The number of anilines is 1. The first kappa shape index (κ1) is 15.0. The van der Waals surface area contributed by atoms with Gasteiger partial charge in [0, 0.05) is 24.8 Å². The number of rotatable bonds is 6. The van der Waals surface area contributed by atoms with Crippen molar-refractivity contribution in [3.8, 4) is 0 Å². The molecule has 0 atom stereocenters. The molecule has 1 N–H and O–H groups in total. The van der Waals surface area contributed by atoms with Gasteiger partial charge in [0.1, 0.15) is 0 Å². The van der Waals surface area contributed by atoms with E-state index in [4.69, 9.17) is 0 Å². The van der Waals surface area contributed by atoms with Gasteiger partial charge in [-0.05, 0) is 57.0 Å². The lowest BCUT2D eigenvalue weighted by atomic mass is 9.98. The predicted octanol–water partition coefficient (Wildman–Crippen LogP) is 3.73. The Morgan fingerprint density at radius 3 is 2.39 bits per heavy atom. The van der Waals surface area contributed by atoms with E-state index in [1.54, 1.807) is 0 Å². The third kappa shape index (κ3) is 3.49. The second-order valence-corrected chi connectivity index (χ2v) is 5.62. The second kappa shape index (κ2) is 6.24. The molecular weight excluding hydrogens is 220 g/mol. The topological polar surface area (TPSA) is 15.3 Å². The van der Waals surface area contributed by atoms with E-state index in [2.05, 4.69) is 70.1 Å². The molecule has 18 heavy (non-hydrogen) atoms. The molecule has 102 valence electrons. The molecule has 0 radical (unpaired) electrons. The molecule has 1 aromatic rings. The van der Waals surface area contributed by atoms with E-state index >= 15 is 0 Å². The zero-order valence-electron chi connectivity index (χ0n) is 12.8. The van der Waals surface area contributed by atoms with Gasteiger partial charge in [-0.3, -0.25) is 0 Å². The average Bonchev–Trinajstić information content (AvgIpc) is 2.36. The van der Waals surface area contributed by atoms with E-state index in [9.17, 15) is 0 Å². The van der Waals surface area contributed by atoms with Gasteiger partial charge in [0.15, 0.2) is 0 Å². The van der Waals surface area contributed by atoms with Gasteiger partial charge in [0.2, 0.25) is 0 Å². The molecule has 0 aliphatic heterocycles. The molecule has 0 amide bonds. The lowest BCUT2D eigenvalue weighted by Crippen LogP contribution is -2.40. The van der Waals surface area contributed by atoms with E-state index in [1.165, 1.54) is 16.8 Å². The molecule has 2 heteroatoms. The SMILES string of the molecule is CCNCc1ccc(N(C)C(C)(C)CC)cc1C. The molecule has 0 bridgehead atoms. The number of aryl methyl sites for hydroxylation is 1. The van der Waals surface area contributed by atoms with Crippen LogP contribution in [0.15, 0.2) is 18.2 Å². The maximum Gasteiger partial charge on any atom is 0.0370 e. The van der Waals surface area contributed by atoms with Gasteiger partial charge in [-0.2, -0.15) is 0 Å². The van der Waals surface area contributed by atoms with Crippen LogP contribution < -0.4 is 10.2 Å². The van der Waals surface area contributed by atoms with Crippen molar-refractivity contribution in [2.24, 2.45) is 0 Å². The number of nitrogens with zero attached hydrogens (tertiary/aromatic N) is 1. The number of hydrogen-bond acceptors (Lipinski definition) is 2. The van der Waals surface area contributed by atoms with Crippen LogP contribution in [0.25, 0.3) is 0 Å². The number of nitrogens with one attached hydrogen (secondary N) is 1. The van der Waals surface area contributed by atoms with Crippen LogP contribution in [0, 0.1) is 6.92 Å². The van der Waals surface area contributed by atoms with Crippen molar-refractivity contribution < 1.29 is 0 Å². The van der Waals surface area contributed by atoms with Gasteiger partial charge < -0.3 is 10.2 Å². The minimum absolute atomic E-state index is 0.204. The van der Waals surface area contributed by atoms with E-state index in [-0.39, 0.29) is 5.54 Å². The summed E-state index contributed by atoms with van der Waals surface area (Å²) in [5.74, 6) is 0. The molecule has 0 saturated carbocycles. The van der Waals surface area contributed by atoms with E-state index in [0.29, 0.717) is 0 Å². The lowest BCUT2D eigenvalue weighted by Gasteiger charge is -2.37. The van der Waals surface area contributed by atoms with Gasteiger partial charge in [-0.25, -0.2) is 0 Å². The molecule has 0 unspecified atom stereocenters. The summed E-state index contributed by atoms with van der Waals surface area (Å²) in [4.78, 5) is 2.37. The molecule has 0 heterocycles. The summed E-state index contributed by atoms with van der Waals surface area (Å²) in [5, 5.41) is 3.38. The van der Waals surface area contributed by atoms with Gasteiger partial charge >= 0.3 is 0 Å². The van der Waals surface area contributed by atoms with Crippen LogP contribution in [0.4, 0.5) is 5.69 Å². The molecule has 0 spiro atoms. The Labute approximate surface area is 112 Å². The van der Waals surface area contributed by atoms with Crippen LogP contribution in [-0.4, -0.2) is 19.1 Å². The normalized spacial score (nSPS) is 11.7. The lowest BCUT2D eigenvalue weighted by molar-refractivity contribution is 0.470. The smallest absolute Gasteiger partial charge is 0.0370 e. The molecule has 0 aliphatic carbocycles. The van der Waals surface area contributed by atoms with Crippen molar-refractivity contribution in [3.63, 3.8) is 0 Å². The Morgan fingerprint density at radius 2 is 1.89 bits per heavy atom. The predicted molar refractivity (Wildman–Crippen MR) is 81.3 cm³/mol. The largest absolute Gasteiger partial charge is 0.369 e. The summed E-state index contributed by atoms with van der Waals surface area (Å²) < 4.78 is 0. The summed E-state index contributed by atoms with van der Waals surface area (Å²) in [5.41, 5.74) is 4.27. The summed E-state index contributed by atoms with van der Waals surface area (Å²) in [6, 6.07) is 6.77. The van der Waals surface area contributed by atoms with Crippen LogP contribution in [0.5, 0.6) is 0 Å². The highest BCUT2D eigenvalue weighted by Gasteiger charge is 2.21. The van der Waals surface area contributed by atoms with Gasteiger partial charge in [0.25, 0.3) is 0 Å². The quantitative estimate of drug-likeness (QED) is 0.825. The van der Waals surface area contributed by atoms with Gasteiger partial charge in [-0.15, -0.1) is 0 Å². The third-order valence-corrected chi connectivity index (χ3v) is 4.05. The third-order valence-electron chi connectivity index (χ3n) is 4.05. The first-order valence-corrected chi connectivity index (χ1v) is 6.96. The molecule has 0 aliphatic rings. The molecular formula is C16H28N2. The summed E-state index contributed by atoms with van der Waals surface area (Å²) in [7, 11) is 2.18. The summed E-state index contributed by atoms with van der Waals surface area (Å²) in [6.45, 7) is 13.1. The Hall–Kier alpha value is -1.02. The second-order valence-electron chi connectivity index (χ2n) is 5.62. The summed E-state index contributed by atoms with van der Waals surface area (Å²) >= 11 is 0. The zero-order valence-corrected chi connectivity index (χ0v) is 12.8. The first-order chi connectivity index (χ1) is 8.42. The van der Waals surface area contributed by atoms with Crippen molar-refractivity contribution >= 4 is 5.69 Å². The Morgan fingerprint density at radius 1 is 1.22 bits per heavy atom. The minimum Gasteiger partial charge on any atom is -0.369 e. The van der Waals surface area contributed by atoms with Crippen LogP contribution in [-0.2, 0) is 6.54 Å². The van der Waals surface area contributed by atoms with Crippen LogP contribution in [0.1, 0.15) is 45.2 Å². The average molecular weight is 248 g/mol. The van der Waals surface area contributed by atoms with Crippen molar-refractivity contribution in [2.45, 2.75) is 53.1 Å². The fourth-order valence-corrected chi connectivity index (χ4v) is 1.93. The first-order valence-electron chi connectivity index (χ1n) is 6.96. The molecule has 0 saturated heterocycles. The highest BCUT2D eigenvalue weighted by molar-refractivity contribution is 5.52. The highest BCUT2D eigenvalue weighted by atomic mass is 15.2. The van der Waals surface area contributed by atoms with Crippen LogP contribution in [0.2, 0.25) is 0 Å². The fraction of sp³-hybridized carbons (Fsp3) is 0.625. The fourth-order valence-electron chi connectivity index (χ4n) is 1.93. The van der Waals surface area contributed by atoms with E-state index in [1.807, 2.05) is 0 Å². The highest BCUT2D eigenvalue weighted by Crippen LogP contribution is 2.26. The van der Waals surface area contributed by atoms with Gasteiger partial charge in [0.05, 0.1) is 0 Å². The van der Waals surface area contributed by atoms with Crippen LogP contribution in [0.3, 0.4) is 0 Å². The van der Waals surface area contributed by atoms with Crippen molar-refractivity contribution in [3.05, 3.63) is 29.3 Å². The van der Waals surface area contributed by atoms with Crippen molar-refractivity contribution in [1.29, 1.82) is 0 Å². The Bertz CT molecular complexity index is 383. The van der Waals surface area contributed by atoms with Crippen molar-refractivity contribution in [2.75, 3.05) is 18.5 Å². The molecule has 2 nitrogen and oxygen atoms in total. The van der Waals surface area contributed by atoms with E-state index < -0.39 is 0 Å². The van der Waals surface area contributed by atoms with Gasteiger partial charge in [-0.1, -0.05) is 19.9 Å². The number of benzene rings is 1. The molecule has 1 aromatic carbocycles. The maximum atomic E-state index is 3.38. The molecule has 0 aromatic heterocycles. The van der Waals surface area contributed by atoms with Crippen molar-refractivity contribution in [1.82, 2.24) is 5.32 Å². The number of hydrogen-bond donors (Lipinski definition) is 1.